The molecule has 0 fully saturated rings. The van der Waals surface area contributed by atoms with Gasteiger partial charge in [-0.2, -0.15) is 4.72 Å². The van der Waals surface area contributed by atoms with E-state index in [4.69, 9.17) is 4.74 Å². The molecule has 2 aromatic rings. The third-order valence-electron chi connectivity index (χ3n) is 3.54. The third kappa shape index (κ3) is 5.21. The zero-order valence-corrected chi connectivity index (χ0v) is 15.0. The molecule has 0 saturated heterocycles. The van der Waals surface area contributed by atoms with Crippen LogP contribution < -0.4 is 4.72 Å². The van der Waals surface area contributed by atoms with Gasteiger partial charge >= 0.3 is 5.97 Å². The molecule has 1 N–H and O–H groups in total. The summed E-state index contributed by atoms with van der Waals surface area (Å²) < 4.78 is 43.9. The first-order valence-corrected chi connectivity index (χ1v) is 9.23. The van der Waals surface area contributed by atoms with Gasteiger partial charge in [0.05, 0.1) is 4.90 Å². The summed E-state index contributed by atoms with van der Waals surface area (Å²) in [7, 11) is -3.99. The van der Waals surface area contributed by atoms with Gasteiger partial charge in [0.2, 0.25) is 15.8 Å². The van der Waals surface area contributed by atoms with E-state index in [-0.39, 0.29) is 10.7 Å². The molecule has 0 saturated carbocycles. The van der Waals surface area contributed by atoms with Gasteiger partial charge in [0.1, 0.15) is 12.4 Å². The molecule has 0 heterocycles. The van der Waals surface area contributed by atoms with Gasteiger partial charge in [-0.1, -0.05) is 29.8 Å². The van der Waals surface area contributed by atoms with Crippen molar-refractivity contribution in [2.45, 2.75) is 24.8 Å². The number of carbonyl (C=O) groups is 2. The van der Waals surface area contributed by atoms with Gasteiger partial charge in [-0.05, 0) is 38.1 Å². The minimum Gasteiger partial charge on any atom is -0.453 e. The van der Waals surface area contributed by atoms with E-state index in [1.807, 2.05) is 11.6 Å². The van der Waals surface area contributed by atoms with Crippen LogP contribution >= 0.6 is 0 Å². The maximum absolute atomic E-state index is 12.8. The van der Waals surface area contributed by atoms with Gasteiger partial charge in [0, 0.05) is 5.56 Å². The Labute approximate surface area is 151 Å². The van der Waals surface area contributed by atoms with Crippen LogP contribution in [0.25, 0.3) is 0 Å². The lowest BCUT2D eigenvalue weighted by Crippen LogP contribution is -2.34. The molecule has 0 aliphatic heterocycles. The first kappa shape index (κ1) is 19.7. The van der Waals surface area contributed by atoms with Gasteiger partial charge in [0.25, 0.3) is 0 Å². The number of nitrogens with one attached hydrogen (secondary N) is 1. The fourth-order valence-electron chi connectivity index (χ4n) is 2.10. The first-order valence-electron chi connectivity index (χ1n) is 7.74. The summed E-state index contributed by atoms with van der Waals surface area (Å²) in [4.78, 5) is 23.8. The Bertz CT molecular complexity index is 892. The van der Waals surface area contributed by atoms with E-state index in [0.29, 0.717) is 5.56 Å². The monoisotopic (exact) mass is 379 g/mol. The fourth-order valence-corrected chi connectivity index (χ4v) is 3.06. The molecule has 138 valence electrons. The second-order valence-corrected chi connectivity index (χ2v) is 7.41. The molecule has 2 aromatic carbocycles. The van der Waals surface area contributed by atoms with Crippen molar-refractivity contribution in [3.8, 4) is 0 Å². The van der Waals surface area contributed by atoms with Crippen molar-refractivity contribution in [1.29, 1.82) is 0 Å². The number of sulfonamides is 1. The van der Waals surface area contributed by atoms with E-state index in [1.54, 1.807) is 24.3 Å². The molecule has 6 nitrogen and oxygen atoms in total. The van der Waals surface area contributed by atoms with E-state index in [2.05, 4.69) is 0 Å². The second kappa shape index (κ2) is 8.20. The number of esters is 1. The van der Waals surface area contributed by atoms with Crippen molar-refractivity contribution in [3.05, 3.63) is 65.5 Å². The highest BCUT2D eigenvalue weighted by molar-refractivity contribution is 7.89. The Balaban J connectivity index is 1.92. The Hall–Kier alpha value is -2.58. The molecule has 0 aliphatic rings. The lowest BCUT2D eigenvalue weighted by atomic mass is 10.1. The normalized spacial score (nSPS) is 12.4. The highest BCUT2D eigenvalue weighted by atomic mass is 32.2. The Morgan fingerprint density at radius 1 is 1.08 bits per heavy atom. The zero-order valence-electron chi connectivity index (χ0n) is 14.2. The number of benzene rings is 2. The number of hydrogen-bond donors (Lipinski definition) is 1. The smallest absolute Gasteiger partial charge is 0.321 e. The summed E-state index contributed by atoms with van der Waals surface area (Å²) in [5, 5.41) is 0. The molecule has 0 aromatic heterocycles. The number of halogens is 1. The van der Waals surface area contributed by atoms with Crippen LogP contribution in [0.4, 0.5) is 4.39 Å². The average molecular weight is 379 g/mol. The van der Waals surface area contributed by atoms with Crippen molar-refractivity contribution >= 4 is 21.8 Å². The minimum atomic E-state index is -3.99. The standard InChI is InChI=1S/C18H18FNO5S/c1-12-3-5-14(6-4-12)18(22)13(2)25-17(21)11-20-26(23,24)16-9-7-15(19)8-10-16/h3-10,13,20H,11H2,1-2H3/t13-/m1/s1. The summed E-state index contributed by atoms with van der Waals surface area (Å²) in [5.74, 6) is -1.87. The maximum Gasteiger partial charge on any atom is 0.321 e. The number of Topliss-reactive ketones (excluding diaryl/α,β-unsaturated/α-hetero) is 1. The highest BCUT2D eigenvalue weighted by Crippen LogP contribution is 2.10. The Kier molecular flexibility index (Phi) is 6.23. The largest absolute Gasteiger partial charge is 0.453 e. The van der Waals surface area contributed by atoms with Crippen LogP contribution in [-0.2, 0) is 19.6 Å². The summed E-state index contributed by atoms with van der Waals surface area (Å²) in [5.41, 5.74) is 1.38. The molecule has 0 aliphatic carbocycles. The number of hydrogen-bond acceptors (Lipinski definition) is 5. The van der Waals surface area contributed by atoms with E-state index in [9.17, 15) is 22.4 Å². The molecule has 0 spiro atoms. The maximum atomic E-state index is 12.8. The number of rotatable bonds is 7. The van der Waals surface area contributed by atoms with E-state index in [1.165, 1.54) is 6.92 Å². The summed E-state index contributed by atoms with van der Waals surface area (Å²) in [6, 6.07) is 10.9. The Morgan fingerprint density at radius 3 is 2.23 bits per heavy atom. The molecule has 2 rings (SSSR count). The predicted octanol–water partition coefficient (Wildman–Crippen LogP) is 2.23. The second-order valence-electron chi connectivity index (χ2n) is 5.64. The first-order chi connectivity index (χ1) is 12.2. The van der Waals surface area contributed by atoms with E-state index >= 15 is 0 Å². The zero-order chi connectivity index (χ0) is 19.3. The fraction of sp³-hybridized carbons (Fsp3) is 0.222. The SMILES string of the molecule is Cc1ccc(C(=O)[C@@H](C)OC(=O)CNS(=O)(=O)c2ccc(F)cc2)cc1. The molecule has 0 bridgehead atoms. The lowest BCUT2D eigenvalue weighted by molar-refractivity contribution is -0.144. The summed E-state index contributed by atoms with van der Waals surface area (Å²) in [6.45, 7) is 2.64. The van der Waals surface area contributed by atoms with Crippen LogP contribution in [-0.4, -0.2) is 32.8 Å². The molecular formula is C18H18FNO5S. The third-order valence-corrected chi connectivity index (χ3v) is 4.96. The molecule has 8 heteroatoms. The number of carbonyl (C=O) groups excluding carboxylic acids is 2. The molecule has 0 unspecified atom stereocenters. The highest BCUT2D eigenvalue weighted by Gasteiger charge is 2.21. The topological polar surface area (TPSA) is 89.5 Å². The number of aryl methyl sites for hydroxylation is 1. The van der Waals surface area contributed by atoms with Crippen molar-refractivity contribution < 1.29 is 27.1 Å². The van der Waals surface area contributed by atoms with Crippen LogP contribution in [0.15, 0.2) is 53.4 Å². The molecule has 0 radical (unpaired) electrons. The van der Waals surface area contributed by atoms with Crippen molar-refractivity contribution in [2.24, 2.45) is 0 Å². The lowest BCUT2D eigenvalue weighted by Gasteiger charge is -2.13. The minimum absolute atomic E-state index is 0.185. The molecular weight excluding hydrogens is 361 g/mol. The van der Waals surface area contributed by atoms with Crippen LogP contribution in [0.3, 0.4) is 0 Å². The van der Waals surface area contributed by atoms with Crippen molar-refractivity contribution in [2.75, 3.05) is 6.54 Å². The Morgan fingerprint density at radius 2 is 1.65 bits per heavy atom. The molecule has 26 heavy (non-hydrogen) atoms. The van der Waals surface area contributed by atoms with E-state index < -0.39 is 34.5 Å². The number of ether oxygens (including phenoxy) is 1. The quantitative estimate of drug-likeness (QED) is 0.589. The summed E-state index contributed by atoms with van der Waals surface area (Å²) >= 11 is 0. The van der Waals surface area contributed by atoms with Crippen molar-refractivity contribution in [1.82, 2.24) is 4.72 Å². The van der Waals surface area contributed by atoms with Gasteiger partial charge in [-0.25, -0.2) is 12.8 Å². The van der Waals surface area contributed by atoms with Crippen LogP contribution in [0.5, 0.6) is 0 Å². The average Bonchev–Trinajstić information content (AvgIpc) is 2.60. The van der Waals surface area contributed by atoms with Gasteiger partial charge in [-0.3, -0.25) is 9.59 Å². The van der Waals surface area contributed by atoms with Crippen LogP contribution in [0.2, 0.25) is 0 Å². The van der Waals surface area contributed by atoms with Crippen LogP contribution in [0, 0.1) is 12.7 Å². The van der Waals surface area contributed by atoms with Crippen LogP contribution in [0.1, 0.15) is 22.8 Å². The number of ketones is 1. The molecule has 0 amide bonds. The predicted molar refractivity (Wildman–Crippen MR) is 92.7 cm³/mol. The van der Waals surface area contributed by atoms with Gasteiger partial charge in [-0.15, -0.1) is 0 Å². The van der Waals surface area contributed by atoms with Gasteiger partial charge < -0.3 is 4.74 Å². The van der Waals surface area contributed by atoms with Gasteiger partial charge in [0.15, 0.2) is 6.10 Å². The molecule has 1 atom stereocenters. The summed E-state index contributed by atoms with van der Waals surface area (Å²) in [6.07, 6.45) is -1.06. The van der Waals surface area contributed by atoms with E-state index in [0.717, 1.165) is 29.8 Å². The van der Waals surface area contributed by atoms with Crippen molar-refractivity contribution in [3.63, 3.8) is 0 Å².